The molecule has 6 heteroatoms. The molecule has 1 aromatic carbocycles. The normalized spacial score (nSPS) is 27.1. The van der Waals surface area contributed by atoms with Crippen molar-refractivity contribution in [3.05, 3.63) is 33.8 Å². The molecule has 2 aliphatic rings. The summed E-state index contributed by atoms with van der Waals surface area (Å²) in [6.45, 7) is 2.09. The Kier molecular flexibility index (Phi) is 7.00. The van der Waals surface area contributed by atoms with Gasteiger partial charge in [-0.3, -0.25) is 4.79 Å². The summed E-state index contributed by atoms with van der Waals surface area (Å²) in [7, 11) is 0. The summed E-state index contributed by atoms with van der Waals surface area (Å²) >= 11 is 12.1. The van der Waals surface area contributed by atoms with E-state index in [1.807, 2.05) is 18.2 Å². The van der Waals surface area contributed by atoms with Gasteiger partial charge in [0.1, 0.15) is 0 Å². The molecule has 4 nitrogen and oxygen atoms in total. The molecule has 0 saturated carbocycles. The predicted molar refractivity (Wildman–Crippen MR) is 99.1 cm³/mol. The number of rotatable bonds is 6. The second kappa shape index (κ2) is 9.22. The Bertz CT molecular complexity index is 590. The van der Waals surface area contributed by atoms with Crippen LogP contribution >= 0.6 is 23.2 Å². The van der Waals surface area contributed by atoms with Gasteiger partial charge in [-0.05, 0) is 56.2 Å². The summed E-state index contributed by atoms with van der Waals surface area (Å²) in [5.41, 5.74) is 1.13. The number of ether oxygens (including phenoxy) is 2. The highest BCUT2D eigenvalue weighted by molar-refractivity contribution is 6.42. The van der Waals surface area contributed by atoms with E-state index >= 15 is 0 Å². The van der Waals surface area contributed by atoms with Crippen molar-refractivity contribution in [1.29, 1.82) is 0 Å². The van der Waals surface area contributed by atoms with Gasteiger partial charge in [-0.25, -0.2) is 0 Å². The first-order valence-electron chi connectivity index (χ1n) is 9.09. The van der Waals surface area contributed by atoms with E-state index in [4.69, 9.17) is 32.7 Å². The lowest BCUT2D eigenvalue weighted by Crippen LogP contribution is -2.40. The largest absolute Gasteiger partial charge is 0.355 e. The van der Waals surface area contributed by atoms with Gasteiger partial charge in [0.25, 0.3) is 0 Å². The fraction of sp³-hybridized carbons (Fsp3) is 0.632. The third-order valence-electron chi connectivity index (χ3n) is 5.02. The Balaban J connectivity index is 1.47. The van der Waals surface area contributed by atoms with Crippen LogP contribution in [0.15, 0.2) is 18.2 Å². The number of amides is 1. The molecule has 25 heavy (non-hydrogen) atoms. The van der Waals surface area contributed by atoms with Crippen molar-refractivity contribution < 1.29 is 14.3 Å². The summed E-state index contributed by atoms with van der Waals surface area (Å²) < 4.78 is 11.3. The Hall–Kier alpha value is -0.810. The van der Waals surface area contributed by atoms with E-state index in [0.717, 1.165) is 44.3 Å². The first-order valence-corrected chi connectivity index (χ1v) is 9.85. The van der Waals surface area contributed by atoms with E-state index in [1.54, 1.807) is 0 Å². The standard InChI is InChI=1S/C19H25Cl2NO3/c20-16-7-6-13(11-17(16)21)15-10-14(19(23)22-12-15)4-3-9-25-18-5-1-2-8-24-18/h6-7,11,14-15,18H,1-5,8-10,12H2,(H,22,23). The molecule has 1 N–H and O–H groups in total. The molecule has 1 amide bonds. The highest BCUT2D eigenvalue weighted by atomic mass is 35.5. The van der Waals surface area contributed by atoms with Crippen LogP contribution < -0.4 is 5.32 Å². The van der Waals surface area contributed by atoms with Gasteiger partial charge in [0, 0.05) is 31.6 Å². The van der Waals surface area contributed by atoms with Crippen LogP contribution in [-0.2, 0) is 14.3 Å². The fourth-order valence-electron chi connectivity index (χ4n) is 3.56. The van der Waals surface area contributed by atoms with Crippen LogP contribution in [0.4, 0.5) is 0 Å². The predicted octanol–water partition coefficient (Wildman–Crippen LogP) is 4.54. The Labute approximate surface area is 159 Å². The van der Waals surface area contributed by atoms with E-state index in [1.165, 1.54) is 6.42 Å². The maximum absolute atomic E-state index is 12.2. The van der Waals surface area contributed by atoms with E-state index in [9.17, 15) is 4.79 Å². The van der Waals surface area contributed by atoms with Crippen LogP contribution in [0, 0.1) is 5.92 Å². The molecule has 3 atom stereocenters. The average Bonchev–Trinajstić information content (AvgIpc) is 2.63. The third kappa shape index (κ3) is 5.33. The number of carbonyl (C=O) groups excluding carboxylic acids is 1. The topological polar surface area (TPSA) is 47.6 Å². The van der Waals surface area contributed by atoms with Gasteiger partial charge in [0.2, 0.25) is 5.91 Å². The first-order chi connectivity index (χ1) is 12.1. The summed E-state index contributed by atoms with van der Waals surface area (Å²) in [5.74, 6) is 0.439. The second-order valence-corrected chi connectivity index (χ2v) is 7.67. The van der Waals surface area contributed by atoms with Gasteiger partial charge in [0.05, 0.1) is 10.0 Å². The van der Waals surface area contributed by atoms with Crippen molar-refractivity contribution in [3.8, 4) is 0 Å². The van der Waals surface area contributed by atoms with E-state index in [2.05, 4.69) is 5.32 Å². The lowest BCUT2D eigenvalue weighted by molar-refractivity contribution is -0.163. The molecule has 0 aromatic heterocycles. The molecule has 0 aliphatic carbocycles. The third-order valence-corrected chi connectivity index (χ3v) is 5.76. The molecule has 0 spiro atoms. The SMILES string of the molecule is O=C1NCC(c2ccc(Cl)c(Cl)c2)CC1CCCOC1CCCCO1. The summed E-state index contributed by atoms with van der Waals surface area (Å²) in [6, 6.07) is 5.73. The molecular weight excluding hydrogens is 361 g/mol. The molecule has 2 aliphatic heterocycles. The van der Waals surface area contributed by atoms with Crippen LogP contribution in [0.2, 0.25) is 10.0 Å². The van der Waals surface area contributed by atoms with Crippen LogP contribution in [0.25, 0.3) is 0 Å². The number of benzene rings is 1. The monoisotopic (exact) mass is 385 g/mol. The number of halogens is 2. The molecule has 1 aromatic rings. The lowest BCUT2D eigenvalue weighted by atomic mass is 9.83. The van der Waals surface area contributed by atoms with Crippen molar-refractivity contribution in [2.75, 3.05) is 19.8 Å². The van der Waals surface area contributed by atoms with E-state index in [0.29, 0.717) is 23.2 Å². The van der Waals surface area contributed by atoms with Crippen molar-refractivity contribution in [1.82, 2.24) is 5.32 Å². The molecular formula is C19H25Cl2NO3. The van der Waals surface area contributed by atoms with Crippen LogP contribution in [0.5, 0.6) is 0 Å². The minimum Gasteiger partial charge on any atom is -0.355 e. The van der Waals surface area contributed by atoms with Gasteiger partial charge < -0.3 is 14.8 Å². The van der Waals surface area contributed by atoms with Crippen molar-refractivity contribution >= 4 is 29.1 Å². The smallest absolute Gasteiger partial charge is 0.223 e. The molecule has 2 saturated heterocycles. The Morgan fingerprint density at radius 2 is 2.12 bits per heavy atom. The summed E-state index contributed by atoms with van der Waals surface area (Å²) in [4.78, 5) is 12.2. The van der Waals surface area contributed by atoms with Gasteiger partial charge in [-0.2, -0.15) is 0 Å². The number of hydrogen-bond donors (Lipinski definition) is 1. The molecule has 0 bridgehead atoms. The minimum absolute atomic E-state index is 0.0177. The number of piperidine rings is 1. The van der Waals surface area contributed by atoms with Gasteiger partial charge in [-0.1, -0.05) is 29.3 Å². The summed E-state index contributed by atoms with van der Waals surface area (Å²) in [5, 5.41) is 4.15. The quantitative estimate of drug-likeness (QED) is 0.731. The second-order valence-electron chi connectivity index (χ2n) is 6.86. The number of hydrogen-bond acceptors (Lipinski definition) is 3. The molecule has 2 fully saturated rings. The summed E-state index contributed by atoms with van der Waals surface area (Å²) in [6.07, 6.45) is 5.74. The number of carbonyl (C=O) groups is 1. The van der Waals surface area contributed by atoms with Crippen LogP contribution in [-0.4, -0.2) is 32.0 Å². The molecule has 138 valence electrons. The average molecular weight is 386 g/mol. The molecule has 0 radical (unpaired) electrons. The maximum atomic E-state index is 12.2. The van der Waals surface area contributed by atoms with Gasteiger partial charge >= 0.3 is 0 Å². The molecule has 3 unspecified atom stereocenters. The minimum atomic E-state index is -0.0575. The van der Waals surface area contributed by atoms with E-state index in [-0.39, 0.29) is 24.0 Å². The van der Waals surface area contributed by atoms with Crippen LogP contribution in [0.3, 0.4) is 0 Å². The zero-order chi connectivity index (χ0) is 17.6. The van der Waals surface area contributed by atoms with Crippen molar-refractivity contribution in [3.63, 3.8) is 0 Å². The van der Waals surface area contributed by atoms with Gasteiger partial charge in [0.15, 0.2) is 6.29 Å². The van der Waals surface area contributed by atoms with E-state index < -0.39 is 0 Å². The fourth-order valence-corrected chi connectivity index (χ4v) is 3.86. The van der Waals surface area contributed by atoms with Crippen molar-refractivity contribution in [2.24, 2.45) is 5.92 Å². The highest BCUT2D eigenvalue weighted by Crippen LogP contribution is 2.33. The van der Waals surface area contributed by atoms with Crippen LogP contribution in [0.1, 0.15) is 50.0 Å². The zero-order valence-corrected chi connectivity index (χ0v) is 15.8. The molecule has 3 rings (SSSR count). The Morgan fingerprint density at radius 1 is 1.24 bits per heavy atom. The maximum Gasteiger partial charge on any atom is 0.223 e. The molecule has 2 heterocycles. The van der Waals surface area contributed by atoms with Gasteiger partial charge in [-0.15, -0.1) is 0 Å². The number of nitrogens with one attached hydrogen (secondary N) is 1. The first kappa shape index (κ1) is 19.0. The van der Waals surface area contributed by atoms with Crippen molar-refractivity contribution in [2.45, 2.75) is 50.7 Å². The Morgan fingerprint density at radius 3 is 2.88 bits per heavy atom. The highest BCUT2D eigenvalue weighted by Gasteiger charge is 2.29. The zero-order valence-electron chi connectivity index (χ0n) is 14.3. The lowest BCUT2D eigenvalue weighted by Gasteiger charge is -2.30.